The maximum Gasteiger partial charge on any atom is 0.408 e. The quantitative estimate of drug-likeness (QED) is 0.0557. The van der Waals surface area contributed by atoms with E-state index in [1.54, 1.807) is 102 Å². The van der Waals surface area contributed by atoms with E-state index in [1.807, 2.05) is 0 Å². The fourth-order valence-electron chi connectivity index (χ4n) is 11.1. The van der Waals surface area contributed by atoms with E-state index < -0.39 is 119 Å². The summed E-state index contributed by atoms with van der Waals surface area (Å²) >= 11 is 4.38. The number of benzene rings is 3. The van der Waals surface area contributed by atoms with Gasteiger partial charge in [-0.25, -0.2) is 18.8 Å². The summed E-state index contributed by atoms with van der Waals surface area (Å²) < 4.78 is 58.4. The molecule has 1 heterocycles. The highest BCUT2D eigenvalue weighted by molar-refractivity contribution is 7.80. The molecule has 2 bridgehead atoms. The maximum absolute atomic E-state index is 16.1. The normalized spacial score (nSPS) is 29.5. The molecule has 18 heteroatoms. The summed E-state index contributed by atoms with van der Waals surface area (Å²) in [6.07, 6.45) is -10.0. The van der Waals surface area contributed by atoms with Gasteiger partial charge in [0.05, 0.1) is 36.2 Å². The molecule has 0 aromatic heterocycles. The van der Waals surface area contributed by atoms with Gasteiger partial charge in [-0.15, -0.1) is 0 Å². The van der Waals surface area contributed by atoms with Crippen LogP contribution in [0.3, 0.4) is 0 Å². The number of carbonyl (C=O) groups excluding carboxylic acids is 6. The predicted octanol–water partition coefficient (Wildman–Crippen LogP) is 6.06. The van der Waals surface area contributed by atoms with Crippen molar-refractivity contribution in [3.63, 3.8) is 0 Å². The van der Waals surface area contributed by atoms with Gasteiger partial charge in [0.2, 0.25) is 6.10 Å². The van der Waals surface area contributed by atoms with E-state index in [0.29, 0.717) is 11.1 Å². The van der Waals surface area contributed by atoms with Crippen molar-refractivity contribution in [2.75, 3.05) is 32.1 Å². The zero-order chi connectivity index (χ0) is 50.8. The molecule has 2 amide bonds. The Bertz CT molecular complexity index is 2470. The molecule has 16 nitrogen and oxygen atoms in total. The van der Waals surface area contributed by atoms with Crippen LogP contribution < -0.4 is 10.6 Å². The molecule has 3 N–H and O–H groups in total. The summed E-state index contributed by atoms with van der Waals surface area (Å²) in [7, 11) is 0. The molecule has 1 aliphatic heterocycles. The summed E-state index contributed by atoms with van der Waals surface area (Å²) in [5.41, 5.74) is -6.43. The van der Waals surface area contributed by atoms with Crippen LogP contribution >= 0.6 is 12.6 Å². The lowest BCUT2D eigenvalue weighted by molar-refractivity contribution is -0.348. The summed E-state index contributed by atoms with van der Waals surface area (Å²) in [5.74, 6) is -5.89. The smallest absolute Gasteiger partial charge is 0.408 e. The highest BCUT2D eigenvalue weighted by Crippen LogP contribution is 2.65. The number of amides is 2. The first-order chi connectivity index (χ1) is 33.3. The van der Waals surface area contributed by atoms with E-state index in [0.717, 1.165) is 12.1 Å². The third-order valence-electron chi connectivity index (χ3n) is 14.5. The number of aliphatic hydroxyl groups is 1. The number of fused-ring (bicyclic) bond motifs is 5. The van der Waals surface area contributed by atoms with Gasteiger partial charge in [0.25, 0.3) is 5.91 Å². The fourth-order valence-corrected chi connectivity index (χ4v) is 11.2. The number of ether oxygens (including phenoxy) is 7. The zero-order valence-corrected chi connectivity index (χ0v) is 41.1. The van der Waals surface area contributed by atoms with E-state index in [9.17, 15) is 28.7 Å². The van der Waals surface area contributed by atoms with Crippen LogP contribution in [0, 0.1) is 22.6 Å². The number of hydrogen-bond donors (Lipinski definition) is 4. The Kier molecular flexibility index (Phi) is 15.6. The Morgan fingerprint density at radius 2 is 1.57 bits per heavy atom. The van der Waals surface area contributed by atoms with Gasteiger partial charge < -0.3 is 48.9 Å². The number of halogens is 1. The molecule has 7 rings (SSSR count). The average molecular weight is 989 g/mol. The number of rotatable bonds is 16. The van der Waals surface area contributed by atoms with Crippen LogP contribution in [0.15, 0.2) is 96.1 Å². The second-order valence-corrected chi connectivity index (χ2v) is 19.3. The van der Waals surface area contributed by atoms with Gasteiger partial charge in [-0.1, -0.05) is 62.4 Å². The van der Waals surface area contributed by atoms with Gasteiger partial charge in [0, 0.05) is 49.6 Å². The maximum atomic E-state index is 16.1. The molecule has 376 valence electrons. The van der Waals surface area contributed by atoms with Crippen molar-refractivity contribution >= 4 is 48.3 Å². The van der Waals surface area contributed by atoms with Crippen LogP contribution in [-0.4, -0.2) is 121 Å². The van der Waals surface area contributed by atoms with Gasteiger partial charge in [-0.05, 0) is 80.8 Å². The van der Waals surface area contributed by atoms with Crippen molar-refractivity contribution in [3.8, 4) is 0 Å². The molecule has 4 aliphatic rings. The Labute approximate surface area is 411 Å². The lowest BCUT2D eigenvalue weighted by atomic mass is 9.44. The van der Waals surface area contributed by atoms with Crippen molar-refractivity contribution in [2.45, 2.75) is 115 Å². The van der Waals surface area contributed by atoms with Crippen molar-refractivity contribution in [2.24, 2.45) is 16.7 Å². The van der Waals surface area contributed by atoms with Gasteiger partial charge in [0.1, 0.15) is 41.9 Å². The molecule has 3 aromatic carbocycles. The molecule has 0 radical (unpaired) electrons. The molecule has 3 aromatic rings. The molecule has 2 unspecified atom stereocenters. The molecule has 0 spiro atoms. The third-order valence-corrected chi connectivity index (χ3v) is 14.7. The van der Waals surface area contributed by atoms with Crippen molar-refractivity contribution in [3.05, 3.63) is 119 Å². The van der Waals surface area contributed by atoms with Crippen LogP contribution in [0.25, 0.3) is 0 Å². The fraction of sp³-hybridized carbons (Fsp3) is 0.500. The largest absolute Gasteiger partial charge is 0.455 e. The Morgan fingerprint density at radius 3 is 2.16 bits per heavy atom. The number of esters is 3. The van der Waals surface area contributed by atoms with Gasteiger partial charge >= 0.3 is 24.0 Å². The van der Waals surface area contributed by atoms with E-state index in [-0.39, 0.29) is 55.2 Å². The van der Waals surface area contributed by atoms with E-state index >= 15 is 9.59 Å². The molecule has 11 atom stereocenters. The first kappa shape index (κ1) is 52.2. The number of ketones is 1. The van der Waals surface area contributed by atoms with Crippen molar-refractivity contribution in [1.29, 1.82) is 0 Å². The summed E-state index contributed by atoms with van der Waals surface area (Å²) in [5, 5.41) is 19.4. The first-order valence-corrected chi connectivity index (χ1v) is 24.1. The van der Waals surface area contributed by atoms with E-state index in [2.05, 4.69) is 23.3 Å². The standard InChI is InChI=1S/C52H61FN2O14S/c1-8-54-48(61)67-41(39(31-16-12-10-13-17-31)55-45(58)32-18-14-11-15-19-32)47(60)66-35-27-52(62)44(68-46(59)33-20-22-34(53)23-21-33)42-50(7,43(57)40(63-9-2)38(29(35)3)49(52,5)6)36(64-24-25-70)26-37-51(42,28-65-37)69-30(4)56/h10-23,35-37,39-42,44,62,70H,8-9,24-28H2,1-7H3,(H,54,61)(H,55,58)/t35-,36-,37+,39-,40+,41+,42?,44?,50+,51-,52+/m0/s1. The van der Waals surface area contributed by atoms with Crippen LogP contribution in [0.1, 0.15) is 93.6 Å². The molecule has 70 heavy (non-hydrogen) atoms. The van der Waals surface area contributed by atoms with Crippen molar-refractivity contribution in [1.82, 2.24) is 10.6 Å². The monoisotopic (exact) mass is 988 g/mol. The molecule has 3 aliphatic carbocycles. The number of Topliss-reactive ketones (excluding diaryl/α,β-unsaturated/α-hetero) is 1. The average Bonchev–Trinajstić information content (AvgIpc) is 3.32. The SMILES string of the molecule is CCNC(=O)O[C@@H](C(=O)O[C@H]1C[C@@]2(O)C(OC(=O)c3ccc(F)cc3)C3[C@](C)(C(=O)[C@H](OCC)C(=C1C)C2(C)C)[C@@H](OCCS)C[C@H]1OC[C@@]31OC(C)=O)[C@@H](NC(=O)c1ccccc1)c1ccccc1. The molecule has 1 saturated heterocycles. The number of nitrogens with one attached hydrogen (secondary N) is 2. The minimum atomic E-state index is -2.36. The Hall–Kier alpha value is -5.66. The number of carbonyl (C=O) groups is 6. The zero-order valence-electron chi connectivity index (χ0n) is 40.2. The summed E-state index contributed by atoms with van der Waals surface area (Å²) in [6, 6.07) is 19.8. The highest BCUT2D eigenvalue weighted by atomic mass is 32.1. The Morgan fingerprint density at radius 1 is 0.914 bits per heavy atom. The predicted molar refractivity (Wildman–Crippen MR) is 253 cm³/mol. The minimum absolute atomic E-state index is 0.0127. The lowest BCUT2D eigenvalue weighted by Gasteiger charge is -2.68. The van der Waals surface area contributed by atoms with Crippen LogP contribution in [0.5, 0.6) is 0 Å². The second kappa shape index (κ2) is 21.0. The van der Waals surface area contributed by atoms with E-state index in [1.165, 1.54) is 19.1 Å². The van der Waals surface area contributed by atoms with Crippen LogP contribution in [-0.2, 0) is 47.5 Å². The summed E-state index contributed by atoms with van der Waals surface area (Å²) in [6.45, 7) is 11.0. The van der Waals surface area contributed by atoms with Crippen LogP contribution in [0.4, 0.5) is 9.18 Å². The van der Waals surface area contributed by atoms with Gasteiger partial charge in [0.15, 0.2) is 11.4 Å². The number of alkyl carbamates (subject to hydrolysis) is 1. The summed E-state index contributed by atoms with van der Waals surface area (Å²) in [4.78, 5) is 86.3. The number of thiol groups is 1. The molecular weight excluding hydrogens is 928 g/mol. The van der Waals surface area contributed by atoms with E-state index in [4.69, 9.17) is 33.2 Å². The van der Waals surface area contributed by atoms with Crippen LogP contribution in [0.2, 0.25) is 0 Å². The second-order valence-electron chi connectivity index (χ2n) is 18.8. The molecule has 3 fully saturated rings. The Balaban J connectivity index is 1.43. The lowest BCUT2D eigenvalue weighted by Crippen LogP contribution is -2.82. The first-order valence-electron chi connectivity index (χ1n) is 23.4. The van der Waals surface area contributed by atoms with Gasteiger partial charge in [-0.3, -0.25) is 14.4 Å². The minimum Gasteiger partial charge on any atom is -0.455 e. The molecular formula is C52H61FN2O14S. The van der Waals surface area contributed by atoms with Crippen molar-refractivity contribution < 1.29 is 71.4 Å². The third kappa shape index (κ3) is 9.47. The van der Waals surface area contributed by atoms with Gasteiger partial charge in [-0.2, -0.15) is 12.6 Å². The highest BCUT2D eigenvalue weighted by Gasteiger charge is 2.78. The number of hydrogen-bond acceptors (Lipinski definition) is 15. The molecule has 2 saturated carbocycles. The topological polar surface area (TPSA) is 211 Å².